The van der Waals surface area contributed by atoms with Crippen LogP contribution >= 0.6 is 11.8 Å². The first-order chi connectivity index (χ1) is 10.9. The van der Waals surface area contributed by atoms with E-state index in [1.165, 1.54) is 0 Å². The Morgan fingerprint density at radius 3 is 2.22 bits per heavy atom. The lowest BCUT2D eigenvalue weighted by Gasteiger charge is -2.35. The molecule has 1 aliphatic heterocycles. The van der Waals surface area contributed by atoms with Crippen LogP contribution in [-0.4, -0.2) is 10.7 Å². The topological polar surface area (TPSA) is 26.3 Å². The highest BCUT2D eigenvalue weighted by molar-refractivity contribution is 8.01. The number of benzene rings is 2. The molecule has 0 saturated carbocycles. The first kappa shape index (κ1) is 16.1. The van der Waals surface area contributed by atoms with Gasteiger partial charge < -0.3 is 4.74 Å². The number of ketones is 1. The highest BCUT2D eigenvalue weighted by Crippen LogP contribution is 2.54. The molecule has 0 amide bonds. The number of hydrogen-bond acceptors (Lipinski definition) is 3. The molecule has 0 radical (unpaired) electrons. The van der Waals surface area contributed by atoms with E-state index in [2.05, 4.69) is 27.7 Å². The van der Waals surface area contributed by atoms with Gasteiger partial charge in [0.25, 0.3) is 0 Å². The Kier molecular flexibility index (Phi) is 4.24. The van der Waals surface area contributed by atoms with Crippen molar-refractivity contribution in [3.05, 3.63) is 59.7 Å². The first-order valence-corrected chi connectivity index (χ1v) is 8.87. The summed E-state index contributed by atoms with van der Waals surface area (Å²) in [5.41, 5.74) is 1.39. The Morgan fingerprint density at radius 2 is 1.61 bits per heavy atom. The third-order valence-electron chi connectivity index (χ3n) is 4.39. The van der Waals surface area contributed by atoms with Crippen molar-refractivity contribution in [3.63, 3.8) is 0 Å². The molecule has 120 valence electrons. The minimum atomic E-state index is -0.253. The van der Waals surface area contributed by atoms with Crippen molar-refractivity contribution in [1.82, 2.24) is 0 Å². The maximum Gasteiger partial charge on any atom is 0.193 e. The van der Waals surface area contributed by atoms with Crippen LogP contribution < -0.4 is 4.74 Å². The van der Waals surface area contributed by atoms with Crippen LogP contribution in [0.1, 0.15) is 43.6 Å². The summed E-state index contributed by atoms with van der Waals surface area (Å²) in [5.74, 6) is 1.63. The summed E-state index contributed by atoms with van der Waals surface area (Å²) in [6, 6.07) is 15.2. The Hall–Kier alpha value is -1.74. The fraction of sp³-hybridized carbons (Fsp3) is 0.350. The normalized spacial score (nSPS) is 15.6. The van der Waals surface area contributed by atoms with Crippen molar-refractivity contribution >= 4 is 17.5 Å². The van der Waals surface area contributed by atoms with E-state index < -0.39 is 0 Å². The zero-order chi connectivity index (χ0) is 16.6. The SMILES string of the molecule is CC(C)C1(C(C)C)Oc2cc(C(=O)c3ccccc3)ccc2S1. The molecule has 0 atom stereocenters. The zero-order valence-electron chi connectivity index (χ0n) is 14.0. The number of fused-ring (bicyclic) bond motifs is 1. The summed E-state index contributed by atoms with van der Waals surface area (Å²) in [6.45, 7) is 8.76. The number of rotatable bonds is 4. The molecule has 1 heterocycles. The monoisotopic (exact) mass is 326 g/mol. The van der Waals surface area contributed by atoms with Crippen LogP contribution in [0.2, 0.25) is 0 Å². The average Bonchev–Trinajstić information content (AvgIpc) is 2.95. The van der Waals surface area contributed by atoms with Gasteiger partial charge in [0.1, 0.15) is 5.75 Å². The Morgan fingerprint density at radius 1 is 0.957 bits per heavy atom. The molecular weight excluding hydrogens is 304 g/mol. The van der Waals surface area contributed by atoms with Gasteiger partial charge in [-0.15, -0.1) is 0 Å². The number of carbonyl (C=O) groups excluding carboxylic acids is 1. The predicted octanol–water partition coefficient (Wildman–Crippen LogP) is 5.41. The van der Waals surface area contributed by atoms with E-state index in [1.54, 1.807) is 11.8 Å². The fourth-order valence-corrected chi connectivity index (χ4v) is 4.36. The molecule has 2 nitrogen and oxygen atoms in total. The zero-order valence-corrected chi connectivity index (χ0v) is 14.8. The minimum absolute atomic E-state index is 0.0357. The lowest BCUT2D eigenvalue weighted by molar-refractivity contribution is 0.0754. The Bertz CT molecular complexity index is 712. The summed E-state index contributed by atoms with van der Waals surface area (Å²) in [7, 11) is 0. The average molecular weight is 326 g/mol. The van der Waals surface area contributed by atoms with Gasteiger partial charge in [0.15, 0.2) is 10.7 Å². The molecule has 3 heteroatoms. The quantitative estimate of drug-likeness (QED) is 0.703. The third-order valence-corrected chi connectivity index (χ3v) is 6.29. The minimum Gasteiger partial charge on any atom is -0.475 e. The van der Waals surface area contributed by atoms with Crippen LogP contribution in [0.3, 0.4) is 0 Å². The summed E-state index contributed by atoms with van der Waals surface area (Å²) in [5, 5.41) is 0. The van der Waals surface area contributed by atoms with Crippen LogP contribution in [0, 0.1) is 11.8 Å². The predicted molar refractivity (Wildman–Crippen MR) is 95.2 cm³/mol. The van der Waals surface area contributed by atoms with Crippen LogP contribution in [-0.2, 0) is 0 Å². The molecule has 0 bridgehead atoms. The molecular formula is C20H22O2S. The first-order valence-electron chi connectivity index (χ1n) is 8.06. The molecule has 0 spiro atoms. The van der Waals surface area contributed by atoms with Crippen LogP contribution in [0.5, 0.6) is 5.75 Å². The van der Waals surface area contributed by atoms with E-state index in [-0.39, 0.29) is 10.7 Å². The van der Waals surface area contributed by atoms with Gasteiger partial charge in [0.2, 0.25) is 0 Å². The van der Waals surface area contributed by atoms with E-state index in [0.29, 0.717) is 23.0 Å². The van der Waals surface area contributed by atoms with Gasteiger partial charge in [-0.25, -0.2) is 0 Å². The number of carbonyl (C=O) groups is 1. The van der Waals surface area contributed by atoms with Gasteiger partial charge in [0, 0.05) is 23.0 Å². The summed E-state index contributed by atoms with van der Waals surface area (Å²) in [4.78, 5) is 13.5. The molecule has 2 aromatic carbocycles. The van der Waals surface area contributed by atoms with E-state index in [0.717, 1.165) is 10.6 Å². The number of ether oxygens (including phenoxy) is 1. The maximum absolute atomic E-state index is 12.6. The molecule has 0 fully saturated rings. The molecule has 1 aliphatic rings. The summed E-state index contributed by atoms with van der Waals surface area (Å²) in [6.07, 6.45) is 0. The summed E-state index contributed by atoms with van der Waals surface area (Å²) < 4.78 is 6.35. The van der Waals surface area contributed by atoms with Crippen molar-refractivity contribution in [3.8, 4) is 5.75 Å². The summed E-state index contributed by atoms with van der Waals surface area (Å²) >= 11 is 1.78. The van der Waals surface area contributed by atoms with Crippen molar-refractivity contribution in [1.29, 1.82) is 0 Å². The van der Waals surface area contributed by atoms with E-state index in [1.807, 2.05) is 48.5 Å². The van der Waals surface area contributed by atoms with Crippen molar-refractivity contribution in [2.24, 2.45) is 11.8 Å². The van der Waals surface area contributed by atoms with Gasteiger partial charge in [-0.3, -0.25) is 4.79 Å². The molecule has 0 unspecified atom stereocenters. The standard InChI is InChI=1S/C20H22O2S/c1-13(2)20(14(3)4)22-17-12-16(10-11-18(17)23-20)19(21)15-8-6-5-7-9-15/h5-14H,1-4H3. The molecule has 0 N–H and O–H groups in total. The highest BCUT2D eigenvalue weighted by Gasteiger charge is 2.46. The molecule has 0 aromatic heterocycles. The van der Waals surface area contributed by atoms with E-state index in [4.69, 9.17) is 4.74 Å². The van der Waals surface area contributed by atoms with Crippen LogP contribution in [0.25, 0.3) is 0 Å². The van der Waals surface area contributed by atoms with E-state index >= 15 is 0 Å². The van der Waals surface area contributed by atoms with Gasteiger partial charge in [-0.05, 0) is 18.2 Å². The van der Waals surface area contributed by atoms with Gasteiger partial charge in [0.05, 0.1) is 4.90 Å². The maximum atomic E-state index is 12.6. The Labute approximate surface area is 142 Å². The second kappa shape index (κ2) is 6.04. The lowest BCUT2D eigenvalue weighted by atomic mass is 9.95. The lowest BCUT2D eigenvalue weighted by Crippen LogP contribution is -2.40. The molecule has 0 saturated heterocycles. The fourth-order valence-electron chi connectivity index (χ4n) is 3.07. The number of thioether (sulfide) groups is 1. The van der Waals surface area contributed by atoms with Crippen molar-refractivity contribution < 1.29 is 9.53 Å². The second-order valence-electron chi connectivity index (χ2n) is 6.59. The highest BCUT2D eigenvalue weighted by atomic mass is 32.2. The van der Waals surface area contributed by atoms with Gasteiger partial charge in [-0.2, -0.15) is 0 Å². The third kappa shape index (κ3) is 2.78. The molecule has 0 aliphatic carbocycles. The van der Waals surface area contributed by atoms with Crippen LogP contribution in [0.15, 0.2) is 53.4 Å². The number of hydrogen-bond donors (Lipinski definition) is 0. The van der Waals surface area contributed by atoms with Gasteiger partial charge >= 0.3 is 0 Å². The smallest absolute Gasteiger partial charge is 0.193 e. The molecule has 2 aromatic rings. The molecule has 23 heavy (non-hydrogen) atoms. The Balaban J connectivity index is 1.93. The van der Waals surface area contributed by atoms with Crippen molar-refractivity contribution in [2.75, 3.05) is 0 Å². The van der Waals surface area contributed by atoms with E-state index in [9.17, 15) is 4.79 Å². The van der Waals surface area contributed by atoms with Gasteiger partial charge in [-0.1, -0.05) is 69.8 Å². The second-order valence-corrected chi connectivity index (χ2v) is 7.87. The van der Waals surface area contributed by atoms with Crippen LogP contribution in [0.4, 0.5) is 0 Å². The molecule has 3 rings (SSSR count). The van der Waals surface area contributed by atoms with Crippen molar-refractivity contribution in [2.45, 2.75) is 37.5 Å². The largest absolute Gasteiger partial charge is 0.475 e.